The fourth-order valence-electron chi connectivity index (χ4n) is 5.03. The maximum absolute atomic E-state index is 13.7. The number of aliphatic carboxylic acids is 1. The maximum atomic E-state index is 13.7. The Morgan fingerprint density at radius 2 is 1.77 bits per heavy atom. The molecule has 0 spiro atoms. The Hall–Kier alpha value is -5.78. The fraction of sp³-hybridized carbons (Fsp3) is 0.156. The lowest BCUT2D eigenvalue weighted by molar-refractivity contribution is -0.385. The van der Waals surface area contributed by atoms with E-state index in [4.69, 9.17) is 9.72 Å². The Kier molecular flexibility index (Phi) is 8.25. The number of rotatable bonds is 10. The van der Waals surface area contributed by atoms with Crippen LogP contribution in [0, 0.1) is 29.8 Å². The molecule has 5 aromatic rings. The molecule has 0 saturated heterocycles. The highest BCUT2D eigenvalue weighted by atomic mass is 19.1. The summed E-state index contributed by atoms with van der Waals surface area (Å²) in [4.78, 5) is 41.4. The number of pyridine rings is 1. The lowest BCUT2D eigenvalue weighted by Gasteiger charge is -2.18. The average molecular weight is 598 g/mol. The van der Waals surface area contributed by atoms with Crippen molar-refractivity contribution in [1.29, 1.82) is 0 Å². The summed E-state index contributed by atoms with van der Waals surface area (Å²) >= 11 is 0. The number of hydrogen-bond donors (Lipinski definition) is 3. The first kappa shape index (κ1) is 29.7. The van der Waals surface area contributed by atoms with Crippen molar-refractivity contribution in [1.82, 2.24) is 14.7 Å². The Balaban J connectivity index is 1.66. The normalized spacial score (nSPS) is 11.6. The number of hydrogen-bond acceptors (Lipinski definition) is 7. The molecule has 5 rings (SSSR count). The van der Waals surface area contributed by atoms with Gasteiger partial charge >= 0.3 is 11.7 Å². The second-order valence-corrected chi connectivity index (χ2v) is 10.1. The zero-order chi connectivity index (χ0) is 31.5. The van der Waals surface area contributed by atoms with Crippen LogP contribution in [0.4, 0.5) is 21.6 Å². The molecule has 2 aromatic heterocycles. The second kappa shape index (κ2) is 12.2. The zero-order valence-corrected chi connectivity index (χ0v) is 24.0. The van der Waals surface area contributed by atoms with Crippen molar-refractivity contribution in [3.05, 3.63) is 117 Å². The minimum atomic E-state index is -1.15. The molecular weight excluding hydrogens is 569 g/mol. The first-order chi connectivity index (χ1) is 21.1. The van der Waals surface area contributed by atoms with Gasteiger partial charge in [-0.3, -0.25) is 24.1 Å². The van der Waals surface area contributed by atoms with Crippen LogP contribution >= 0.6 is 0 Å². The largest absolute Gasteiger partial charge is 0.490 e. The van der Waals surface area contributed by atoms with Crippen LogP contribution in [-0.4, -0.2) is 38.4 Å². The highest BCUT2D eigenvalue weighted by Crippen LogP contribution is 2.38. The van der Waals surface area contributed by atoms with Gasteiger partial charge in [0.05, 0.1) is 30.1 Å². The first-order valence-electron chi connectivity index (χ1n) is 13.5. The minimum Gasteiger partial charge on any atom is -0.490 e. The Bertz CT molecular complexity index is 1880. The van der Waals surface area contributed by atoms with E-state index in [1.807, 2.05) is 32.0 Å². The first-order valence-corrected chi connectivity index (χ1v) is 13.5. The molecule has 0 bridgehead atoms. The van der Waals surface area contributed by atoms with E-state index in [-0.39, 0.29) is 22.6 Å². The number of ether oxygens (including phenoxy) is 1. The van der Waals surface area contributed by atoms with Gasteiger partial charge in [-0.25, -0.2) is 9.37 Å². The van der Waals surface area contributed by atoms with Gasteiger partial charge in [-0.05, 0) is 66.9 Å². The van der Waals surface area contributed by atoms with Crippen LogP contribution in [0.5, 0.6) is 5.75 Å². The number of nitro groups is 1. The van der Waals surface area contributed by atoms with Crippen LogP contribution in [0.25, 0.3) is 16.9 Å². The van der Waals surface area contributed by atoms with E-state index in [0.717, 1.165) is 16.8 Å². The van der Waals surface area contributed by atoms with Gasteiger partial charge in [0.25, 0.3) is 5.91 Å². The van der Waals surface area contributed by atoms with Crippen LogP contribution in [0.2, 0.25) is 0 Å². The van der Waals surface area contributed by atoms with Crippen molar-refractivity contribution in [2.45, 2.75) is 26.3 Å². The number of aryl methyl sites for hydroxylation is 2. The molecule has 1 atom stereocenters. The number of carboxylic acid groups (broad SMARTS) is 1. The van der Waals surface area contributed by atoms with Crippen molar-refractivity contribution in [2.75, 3.05) is 12.4 Å². The van der Waals surface area contributed by atoms with E-state index in [9.17, 15) is 29.2 Å². The van der Waals surface area contributed by atoms with Gasteiger partial charge in [-0.15, -0.1) is 0 Å². The number of para-hydroxylation sites is 1. The summed E-state index contributed by atoms with van der Waals surface area (Å²) in [6.07, 6.45) is 1.26. The average Bonchev–Trinajstić information content (AvgIpc) is 3.36. The molecule has 1 unspecified atom stereocenters. The molecule has 224 valence electrons. The van der Waals surface area contributed by atoms with Crippen molar-refractivity contribution in [3.63, 3.8) is 0 Å². The fourth-order valence-corrected chi connectivity index (χ4v) is 5.03. The second-order valence-electron chi connectivity index (χ2n) is 10.1. The summed E-state index contributed by atoms with van der Waals surface area (Å²) in [5.74, 6) is -1.72. The lowest BCUT2D eigenvalue weighted by atomic mass is 10.0. The molecule has 0 saturated carbocycles. The summed E-state index contributed by atoms with van der Waals surface area (Å²) < 4.78 is 20.4. The van der Waals surface area contributed by atoms with E-state index in [1.165, 1.54) is 43.5 Å². The number of amides is 1. The maximum Gasteiger partial charge on any atom is 0.311 e. The molecular formula is C32H28FN5O6. The Morgan fingerprint density at radius 3 is 2.41 bits per heavy atom. The number of nitrogens with one attached hydrogen (secondary N) is 2. The van der Waals surface area contributed by atoms with Crippen LogP contribution in [0.3, 0.4) is 0 Å². The van der Waals surface area contributed by atoms with Gasteiger partial charge in [0.1, 0.15) is 17.3 Å². The number of anilines is 2. The molecule has 0 aliphatic carbocycles. The molecule has 3 aromatic carbocycles. The number of benzene rings is 3. The number of fused-ring (bicyclic) bond motifs is 1. The number of carbonyl (C=O) groups excluding carboxylic acids is 1. The molecule has 44 heavy (non-hydrogen) atoms. The van der Waals surface area contributed by atoms with E-state index in [1.54, 1.807) is 28.8 Å². The number of methoxy groups -OCH3 is 1. The number of carboxylic acids is 1. The molecule has 11 nitrogen and oxygen atoms in total. The number of nitro benzene ring substituents is 1. The van der Waals surface area contributed by atoms with Crippen molar-refractivity contribution in [2.24, 2.45) is 0 Å². The highest BCUT2D eigenvalue weighted by Gasteiger charge is 2.25. The van der Waals surface area contributed by atoms with E-state index in [0.29, 0.717) is 22.6 Å². The van der Waals surface area contributed by atoms with Gasteiger partial charge in [-0.1, -0.05) is 30.3 Å². The zero-order valence-electron chi connectivity index (χ0n) is 24.0. The van der Waals surface area contributed by atoms with Crippen molar-refractivity contribution >= 4 is 34.7 Å². The molecule has 0 aliphatic heterocycles. The predicted octanol–water partition coefficient (Wildman–Crippen LogP) is 6.36. The van der Waals surface area contributed by atoms with E-state index < -0.39 is 35.1 Å². The standard InChI is InChI=1S/C32H28FN5O6/c1-18-6-4-7-19(2)28(18)35-31-29(21-11-14-26(44-3)25(16-21)38(42)43)36-30-23(8-5-15-37(30)31)32(41)34-24(17-27(39)40)20-9-12-22(33)13-10-20/h4-16,24,35H,17H2,1-3H3,(H,34,41)(H,39,40). The molecule has 2 heterocycles. The number of nitrogens with zero attached hydrogens (tertiary/aromatic N) is 3. The van der Waals surface area contributed by atoms with Crippen LogP contribution in [0.15, 0.2) is 79.0 Å². The monoisotopic (exact) mass is 597 g/mol. The highest BCUT2D eigenvalue weighted by molar-refractivity contribution is 6.01. The molecule has 0 radical (unpaired) electrons. The third-order valence-electron chi connectivity index (χ3n) is 7.22. The molecule has 12 heteroatoms. The molecule has 0 fully saturated rings. The van der Waals surface area contributed by atoms with Crippen LogP contribution in [0.1, 0.15) is 39.5 Å². The van der Waals surface area contributed by atoms with Gasteiger partial charge in [0.15, 0.2) is 11.4 Å². The lowest BCUT2D eigenvalue weighted by Crippen LogP contribution is -2.30. The number of halogens is 1. The van der Waals surface area contributed by atoms with Crippen molar-refractivity contribution < 1.29 is 28.7 Å². The smallest absolute Gasteiger partial charge is 0.311 e. The summed E-state index contributed by atoms with van der Waals surface area (Å²) in [5.41, 5.74) is 3.92. The topological polar surface area (TPSA) is 148 Å². The summed E-state index contributed by atoms with van der Waals surface area (Å²) in [5, 5.41) is 27.5. The van der Waals surface area contributed by atoms with Gasteiger partial charge in [-0.2, -0.15) is 0 Å². The number of aromatic nitrogens is 2. The van der Waals surface area contributed by atoms with Crippen molar-refractivity contribution in [3.8, 4) is 17.0 Å². The molecule has 1 amide bonds. The molecule has 3 N–H and O–H groups in total. The summed E-state index contributed by atoms with van der Waals surface area (Å²) in [6, 6.07) is 17.7. The summed E-state index contributed by atoms with van der Waals surface area (Å²) in [6.45, 7) is 3.88. The minimum absolute atomic E-state index is 0.0807. The summed E-state index contributed by atoms with van der Waals surface area (Å²) in [7, 11) is 1.34. The Morgan fingerprint density at radius 1 is 1.07 bits per heavy atom. The van der Waals surface area contributed by atoms with Gasteiger partial charge in [0, 0.05) is 23.5 Å². The van der Waals surface area contributed by atoms with Crippen LogP contribution in [-0.2, 0) is 4.79 Å². The van der Waals surface area contributed by atoms with Gasteiger partial charge < -0.3 is 20.5 Å². The third kappa shape index (κ3) is 5.91. The number of imidazole rings is 1. The van der Waals surface area contributed by atoms with Crippen LogP contribution < -0.4 is 15.4 Å². The number of carbonyl (C=O) groups is 2. The third-order valence-corrected chi connectivity index (χ3v) is 7.22. The van der Waals surface area contributed by atoms with Gasteiger partial charge in [0.2, 0.25) is 0 Å². The Labute approximate surface area is 251 Å². The molecule has 0 aliphatic rings. The predicted molar refractivity (Wildman–Crippen MR) is 162 cm³/mol. The van der Waals surface area contributed by atoms with E-state index in [2.05, 4.69) is 10.6 Å². The quantitative estimate of drug-likeness (QED) is 0.124. The SMILES string of the molecule is COc1ccc(-c2nc3c(C(=O)NC(CC(=O)O)c4ccc(F)cc4)cccn3c2Nc2c(C)cccc2C)cc1[N+](=O)[O-]. The van der Waals surface area contributed by atoms with E-state index >= 15 is 0 Å².